The summed E-state index contributed by atoms with van der Waals surface area (Å²) in [4.78, 5) is 12.7. The van der Waals surface area contributed by atoms with Gasteiger partial charge >= 0.3 is 0 Å². The number of amides is 1. The van der Waals surface area contributed by atoms with Crippen molar-refractivity contribution in [3.8, 4) is 11.5 Å². The van der Waals surface area contributed by atoms with Gasteiger partial charge in [0.25, 0.3) is 5.91 Å². The molecule has 0 heterocycles. The van der Waals surface area contributed by atoms with Gasteiger partial charge in [0.15, 0.2) is 11.5 Å². The Morgan fingerprint density at radius 2 is 1.76 bits per heavy atom. The Balaban J connectivity index is 2.02. The van der Waals surface area contributed by atoms with Crippen LogP contribution in [-0.4, -0.2) is 46.4 Å². The second-order valence-electron chi connectivity index (χ2n) is 6.68. The Bertz CT molecular complexity index is 925. The number of carbonyl (C=O) groups is 1. The molecule has 0 aliphatic rings. The van der Waals surface area contributed by atoms with Crippen molar-refractivity contribution in [2.45, 2.75) is 31.2 Å². The lowest BCUT2D eigenvalue weighted by Crippen LogP contribution is -2.23. The van der Waals surface area contributed by atoms with Gasteiger partial charge in [-0.1, -0.05) is 25.5 Å². The molecule has 0 aliphatic carbocycles. The fraction of sp³-hybridized carbons (Fsp3) is 0.381. The Labute approximate surface area is 172 Å². The number of rotatable bonds is 10. The van der Waals surface area contributed by atoms with Crippen molar-refractivity contribution in [3.05, 3.63) is 53.6 Å². The first-order chi connectivity index (χ1) is 13.8. The summed E-state index contributed by atoms with van der Waals surface area (Å²) < 4.78 is 36.4. The van der Waals surface area contributed by atoms with Crippen LogP contribution in [-0.2, 0) is 16.6 Å². The summed E-state index contributed by atoms with van der Waals surface area (Å²) in [5, 5.41) is 2.82. The third-order valence-electron chi connectivity index (χ3n) is 4.34. The molecule has 2 aromatic carbocycles. The summed E-state index contributed by atoms with van der Waals surface area (Å²) in [5.41, 5.74) is 1.25. The third kappa shape index (κ3) is 5.95. The Kier molecular flexibility index (Phi) is 8.04. The van der Waals surface area contributed by atoms with Crippen LogP contribution in [0.1, 0.15) is 35.7 Å². The topological polar surface area (TPSA) is 84.9 Å². The van der Waals surface area contributed by atoms with E-state index in [1.165, 1.54) is 33.3 Å². The number of carbonyl (C=O) groups excluding carboxylic acids is 1. The van der Waals surface area contributed by atoms with E-state index in [1.807, 2.05) is 0 Å². The predicted octanol–water partition coefficient (Wildman–Crippen LogP) is 3.05. The molecule has 8 heteroatoms. The number of sulfonamides is 1. The number of nitrogens with one attached hydrogen (secondary N) is 1. The molecular formula is C21H28N2O5S. The lowest BCUT2D eigenvalue weighted by Gasteiger charge is -2.13. The van der Waals surface area contributed by atoms with Gasteiger partial charge in [-0.3, -0.25) is 4.79 Å². The van der Waals surface area contributed by atoms with E-state index in [-0.39, 0.29) is 17.3 Å². The molecule has 0 fully saturated rings. The van der Waals surface area contributed by atoms with Crippen LogP contribution in [0.2, 0.25) is 0 Å². The van der Waals surface area contributed by atoms with Crippen molar-refractivity contribution in [3.63, 3.8) is 0 Å². The summed E-state index contributed by atoms with van der Waals surface area (Å²) in [6.07, 6.45) is 1.98. The van der Waals surface area contributed by atoms with Gasteiger partial charge in [-0.2, -0.15) is 0 Å². The fourth-order valence-corrected chi connectivity index (χ4v) is 3.43. The van der Waals surface area contributed by atoms with Crippen molar-refractivity contribution >= 4 is 15.9 Å². The van der Waals surface area contributed by atoms with E-state index in [1.54, 1.807) is 30.3 Å². The lowest BCUT2D eigenvalue weighted by molar-refractivity contribution is 0.0950. The molecular weight excluding hydrogens is 392 g/mol. The standard InChI is InChI=1S/C21H28N2O5S/c1-5-6-13-28-19-12-9-17(14-20(19)27-4)21(24)22-15-16-7-10-18(11-8-16)29(25,26)23(2)3/h7-12,14H,5-6,13,15H2,1-4H3,(H,22,24). The van der Waals surface area contributed by atoms with E-state index in [9.17, 15) is 13.2 Å². The minimum atomic E-state index is -3.47. The molecule has 1 amide bonds. The highest BCUT2D eigenvalue weighted by Gasteiger charge is 2.17. The van der Waals surface area contributed by atoms with Gasteiger partial charge in [-0.05, 0) is 42.3 Å². The van der Waals surface area contributed by atoms with E-state index in [4.69, 9.17) is 9.47 Å². The number of methoxy groups -OCH3 is 1. The number of benzene rings is 2. The molecule has 1 N–H and O–H groups in total. The highest BCUT2D eigenvalue weighted by atomic mass is 32.2. The van der Waals surface area contributed by atoms with Crippen molar-refractivity contribution in [2.24, 2.45) is 0 Å². The zero-order valence-electron chi connectivity index (χ0n) is 17.3. The van der Waals surface area contributed by atoms with Crippen LogP contribution in [0.25, 0.3) is 0 Å². The van der Waals surface area contributed by atoms with Crippen molar-refractivity contribution < 1.29 is 22.7 Å². The summed E-state index contributed by atoms with van der Waals surface area (Å²) in [5.74, 6) is 0.857. The first kappa shape index (κ1) is 22.7. The normalized spacial score (nSPS) is 11.3. The zero-order valence-corrected chi connectivity index (χ0v) is 18.1. The highest BCUT2D eigenvalue weighted by molar-refractivity contribution is 7.89. The van der Waals surface area contributed by atoms with Crippen LogP contribution >= 0.6 is 0 Å². The van der Waals surface area contributed by atoms with Gasteiger partial charge in [0.05, 0.1) is 18.6 Å². The smallest absolute Gasteiger partial charge is 0.251 e. The Morgan fingerprint density at radius 3 is 2.34 bits per heavy atom. The van der Waals surface area contributed by atoms with Crippen LogP contribution in [0, 0.1) is 0 Å². The van der Waals surface area contributed by atoms with Gasteiger partial charge in [0.1, 0.15) is 0 Å². The predicted molar refractivity (Wildman–Crippen MR) is 112 cm³/mol. The summed E-state index contributed by atoms with van der Waals surface area (Å²) in [6, 6.07) is 11.5. The highest BCUT2D eigenvalue weighted by Crippen LogP contribution is 2.28. The molecule has 0 saturated heterocycles. The largest absolute Gasteiger partial charge is 0.493 e. The van der Waals surface area contributed by atoms with Crippen LogP contribution in [0.3, 0.4) is 0 Å². The van der Waals surface area contributed by atoms with E-state index in [0.717, 1.165) is 22.7 Å². The molecule has 0 spiro atoms. The zero-order chi connectivity index (χ0) is 21.4. The van der Waals surface area contributed by atoms with Gasteiger partial charge in [0, 0.05) is 26.2 Å². The molecule has 0 saturated carbocycles. The number of hydrogen-bond donors (Lipinski definition) is 1. The van der Waals surface area contributed by atoms with E-state index >= 15 is 0 Å². The first-order valence-electron chi connectivity index (χ1n) is 9.40. The number of hydrogen-bond acceptors (Lipinski definition) is 5. The average molecular weight is 421 g/mol. The van der Waals surface area contributed by atoms with Crippen LogP contribution in [0.4, 0.5) is 0 Å². The number of ether oxygens (including phenoxy) is 2. The fourth-order valence-electron chi connectivity index (χ4n) is 2.53. The molecule has 0 aromatic heterocycles. The monoisotopic (exact) mass is 420 g/mol. The van der Waals surface area contributed by atoms with Gasteiger partial charge < -0.3 is 14.8 Å². The molecule has 158 valence electrons. The third-order valence-corrected chi connectivity index (χ3v) is 6.17. The summed E-state index contributed by atoms with van der Waals surface area (Å²) in [7, 11) is 1.03. The van der Waals surface area contributed by atoms with E-state index in [2.05, 4.69) is 12.2 Å². The maximum Gasteiger partial charge on any atom is 0.251 e. The molecule has 29 heavy (non-hydrogen) atoms. The van der Waals surface area contributed by atoms with Crippen molar-refractivity contribution in [1.82, 2.24) is 9.62 Å². The van der Waals surface area contributed by atoms with Crippen LogP contribution < -0.4 is 14.8 Å². The number of nitrogens with zero attached hydrogens (tertiary/aromatic N) is 1. The van der Waals surface area contributed by atoms with Gasteiger partial charge in [-0.25, -0.2) is 12.7 Å². The minimum absolute atomic E-state index is 0.209. The molecule has 0 radical (unpaired) electrons. The Hall–Kier alpha value is -2.58. The van der Waals surface area contributed by atoms with Crippen molar-refractivity contribution in [1.29, 1.82) is 0 Å². The average Bonchev–Trinajstić information content (AvgIpc) is 2.72. The molecule has 0 unspecified atom stereocenters. The quantitative estimate of drug-likeness (QED) is 0.597. The Morgan fingerprint density at radius 1 is 1.07 bits per heavy atom. The first-order valence-corrected chi connectivity index (χ1v) is 10.8. The van der Waals surface area contributed by atoms with Gasteiger partial charge in [-0.15, -0.1) is 0 Å². The lowest BCUT2D eigenvalue weighted by atomic mass is 10.1. The van der Waals surface area contributed by atoms with E-state index in [0.29, 0.717) is 23.7 Å². The maximum atomic E-state index is 12.5. The van der Waals surface area contributed by atoms with Gasteiger partial charge in [0.2, 0.25) is 10.0 Å². The van der Waals surface area contributed by atoms with E-state index < -0.39 is 10.0 Å². The van der Waals surface area contributed by atoms with Crippen LogP contribution in [0.5, 0.6) is 11.5 Å². The molecule has 0 atom stereocenters. The molecule has 0 bridgehead atoms. The summed E-state index contributed by atoms with van der Waals surface area (Å²) >= 11 is 0. The summed E-state index contributed by atoms with van der Waals surface area (Å²) in [6.45, 7) is 2.96. The second kappa shape index (κ2) is 10.3. The molecule has 0 aliphatic heterocycles. The second-order valence-corrected chi connectivity index (χ2v) is 8.83. The van der Waals surface area contributed by atoms with Crippen LogP contribution in [0.15, 0.2) is 47.4 Å². The van der Waals surface area contributed by atoms with Crippen molar-refractivity contribution in [2.75, 3.05) is 27.8 Å². The minimum Gasteiger partial charge on any atom is -0.493 e. The molecule has 7 nitrogen and oxygen atoms in total. The molecule has 2 rings (SSSR count). The maximum absolute atomic E-state index is 12.5. The SMILES string of the molecule is CCCCOc1ccc(C(=O)NCc2ccc(S(=O)(=O)N(C)C)cc2)cc1OC. The number of unbranched alkanes of at least 4 members (excludes halogenated alkanes) is 1. The molecule has 2 aromatic rings.